The quantitative estimate of drug-likeness (QED) is 0.411. The number of hydrogen-bond acceptors (Lipinski definition) is 6. The van der Waals surface area contributed by atoms with Gasteiger partial charge in [0.2, 0.25) is 5.09 Å². The fourth-order valence-corrected chi connectivity index (χ4v) is 4.23. The molecular formula is C19H22N4O3S2. The molecule has 0 N–H and O–H groups in total. The van der Waals surface area contributed by atoms with Crippen LogP contribution < -0.4 is 0 Å². The number of aryl methyl sites for hydroxylation is 1. The average Bonchev–Trinajstić information content (AvgIpc) is 3.28. The third-order valence-corrected chi connectivity index (χ3v) is 6.70. The number of aromatic nitrogens is 3. The zero-order valence-electron chi connectivity index (χ0n) is 16.0. The first-order valence-corrected chi connectivity index (χ1v) is 11.0. The highest BCUT2D eigenvalue weighted by Crippen LogP contribution is 2.28. The Morgan fingerprint density at radius 3 is 2.71 bits per heavy atom. The van der Waals surface area contributed by atoms with Crippen molar-refractivity contribution in [3.63, 3.8) is 0 Å². The van der Waals surface area contributed by atoms with E-state index in [-0.39, 0.29) is 5.09 Å². The molecule has 0 aliphatic carbocycles. The minimum Gasteiger partial charge on any atom is -0.447 e. The molecule has 7 nitrogen and oxygen atoms in total. The molecule has 0 saturated carbocycles. The molecule has 28 heavy (non-hydrogen) atoms. The van der Waals surface area contributed by atoms with Crippen molar-refractivity contribution in [2.45, 2.75) is 29.5 Å². The first kappa shape index (κ1) is 20.4. The Morgan fingerprint density at radius 2 is 2.04 bits per heavy atom. The van der Waals surface area contributed by atoms with Gasteiger partial charge < -0.3 is 4.42 Å². The molecular weight excluding hydrogens is 396 g/mol. The number of allylic oxidation sites excluding steroid dienone is 1. The van der Waals surface area contributed by atoms with E-state index in [1.54, 1.807) is 12.1 Å². The normalized spacial score (nSPS) is 11.9. The lowest BCUT2D eigenvalue weighted by Gasteiger charge is -2.08. The van der Waals surface area contributed by atoms with Crippen molar-refractivity contribution in [3.05, 3.63) is 60.4 Å². The molecule has 9 heteroatoms. The van der Waals surface area contributed by atoms with Gasteiger partial charge in [-0.1, -0.05) is 41.6 Å². The molecule has 3 rings (SSSR count). The molecule has 0 unspecified atom stereocenters. The van der Waals surface area contributed by atoms with Gasteiger partial charge in [0.05, 0.1) is 5.75 Å². The highest BCUT2D eigenvalue weighted by Gasteiger charge is 2.22. The summed E-state index contributed by atoms with van der Waals surface area (Å²) in [4.78, 5) is 0. The van der Waals surface area contributed by atoms with Crippen molar-refractivity contribution in [2.75, 3.05) is 14.1 Å². The van der Waals surface area contributed by atoms with Crippen LogP contribution in [-0.4, -0.2) is 41.6 Å². The molecule has 0 fully saturated rings. The molecule has 148 valence electrons. The fourth-order valence-electron chi connectivity index (χ4n) is 2.58. The number of thioether (sulfide) groups is 1. The molecule has 0 aliphatic heterocycles. The lowest BCUT2D eigenvalue weighted by Crippen LogP contribution is -2.21. The van der Waals surface area contributed by atoms with Gasteiger partial charge in [0.15, 0.2) is 11.0 Å². The standard InChI is InChI=1S/C19H22N4O3S2/c1-5-11-23-18(15-8-6-7-14(2)12-15)20-21-19(23)27-13-16-9-10-17(26-16)28(24,25)22(3)4/h5-10,12H,1,11,13H2,2-4H3. The van der Waals surface area contributed by atoms with Gasteiger partial charge in [-0.15, -0.1) is 16.8 Å². The van der Waals surface area contributed by atoms with Crippen molar-refractivity contribution < 1.29 is 12.8 Å². The van der Waals surface area contributed by atoms with E-state index in [9.17, 15) is 8.42 Å². The van der Waals surface area contributed by atoms with E-state index in [4.69, 9.17) is 4.42 Å². The SMILES string of the molecule is C=CCn1c(SCc2ccc(S(=O)(=O)N(C)C)o2)nnc1-c1cccc(C)c1. The maximum atomic E-state index is 12.1. The van der Waals surface area contributed by atoms with Gasteiger partial charge >= 0.3 is 0 Å². The Balaban J connectivity index is 1.82. The summed E-state index contributed by atoms with van der Waals surface area (Å²) in [7, 11) is -0.643. The second-order valence-corrected chi connectivity index (χ2v) is 9.40. The van der Waals surface area contributed by atoms with Crippen LogP contribution in [0.3, 0.4) is 0 Å². The van der Waals surface area contributed by atoms with E-state index in [1.807, 2.05) is 29.7 Å². The minimum atomic E-state index is -3.58. The van der Waals surface area contributed by atoms with Crippen molar-refractivity contribution in [1.82, 2.24) is 19.1 Å². The van der Waals surface area contributed by atoms with E-state index in [0.717, 1.165) is 21.3 Å². The van der Waals surface area contributed by atoms with E-state index in [0.29, 0.717) is 23.2 Å². The first-order chi connectivity index (χ1) is 13.3. The Morgan fingerprint density at radius 1 is 1.25 bits per heavy atom. The third-order valence-electron chi connectivity index (χ3n) is 4.02. The molecule has 0 radical (unpaired) electrons. The van der Waals surface area contributed by atoms with Crippen molar-refractivity contribution >= 4 is 21.8 Å². The second-order valence-electron chi connectivity index (χ2n) is 6.37. The average molecular weight is 419 g/mol. The lowest BCUT2D eigenvalue weighted by molar-refractivity contribution is 0.408. The molecule has 0 bridgehead atoms. The van der Waals surface area contributed by atoms with Gasteiger partial charge in [-0.25, -0.2) is 12.7 Å². The zero-order chi connectivity index (χ0) is 20.3. The predicted molar refractivity (Wildman–Crippen MR) is 110 cm³/mol. The van der Waals surface area contributed by atoms with Crippen molar-refractivity contribution in [3.8, 4) is 11.4 Å². The van der Waals surface area contributed by atoms with Gasteiger partial charge in [-0.2, -0.15) is 0 Å². The van der Waals surface area contributed by atoms with Crippen LogP contribution in [0.2, 0.25) is 0 Å². The van der Waals surface area contributed by atoms with Crippen LogP contribution in [0.15, 0.2) is 63.7 Å². The van der Waals surface area contributed by atoms with Gasteiger partial charge in [0.25, 0.3) is 10.0 Å². The molecule has 0 aliphatic rings. The summed E-state index contributed by atoms with van der Waals surface area (Å²) in [6.45, 7) is 6.42. The van der Waals surface area contributed by atoms with Crippen LogP contribution in [0.5, 0.6) is 0 Å². The van der Waals surface area contributed by atoms with E-state index < -0.39 is 10.0 Å². The smallest absolute Gasteiger partial charge is 0.275 e. The number of nitrogens with zero attached hydrogens (tertiary/aromatic N) is 4. The molecule has 2 aromatic heterocycles. The summed E-state index contributed by atoms with van der Waals surface area (Å²) in [5.41, 5.74) is 2.13. The molecule has 0 saturated heterocycles. The van der Waals surface area contributed by atoms with Gasteiger partial charge in [0, 0.05) is 26.2 Å². The van der Waals surface area contributed by atoms with Crippen LogP contribution in [-0.2, 0) is 22.3 Å². The Hall–Kier alpha value is -2.36. The Labute approximate surface area is 169 Å². The van der Waals surface area contributed by atoms with E-state index >= 15 is 0 Å². The summed E-state index contributed by atoms with van der Waals surface area (Å²) >= 11 is 1.43. The maximum Gasteiger partial charge on any atom is 0.275 e. The maximum absolute atomic E-state index is 12.1. The summed E-state index contributed by atoms with van der Waals surface area (Å²) in [6, 6.07) is 11.2. The third kappa shape index (κ3) is 4.21. The summed E-state index contributed by atoms with van der Waals surface area (Å²) < 4.78 is 32.9. The van der Waals surface area contributed by atoms with E-state index in [1.165, 1.54) is 31.9 Å². The van der Waals surface area contributed by atoms with Gasteiger partial charge in [0.1, 0.15) is 5.76 Å². The first-order valence-electron chi connectivity index (χ1n) is 8.58. The van der Waals surface area contributed by atoms with Crippen molar-refractivity contribution in [2.24, 2.45) is 0 Å². The summed E-state index contributed by atoms with van der Waals surface area (Å²) in [6.07, 6.45) is 1.79. The highest BCUT2D eigenvalue weighted by atomic mass is 32.2. The zero-order valence-corrected chi connectivity index (χ0v) is 17.6. The summed E-state index contributed by atoms with van der Waals surface area (Å²) in [5.74, 6) is 1.75. The van der Waals surface area contributed by atoms with Crippen molar-refractivity contribution in [1.29, 1.82) is 0 Å². The van der Waals surface area contributed by atoms with E-state index in [2.05, 4.69) is 22.8 Å². The van der Waals surface area contributed by atoms with Crippen LogP contribution in [0.25, 0.3) is 11.4 Å². The topological polar surface area (TPSA) is 81.2 Å². The minimum absolute atomic E-state index is 0.0684. The Bertz CT molecular complexity index is 1080. The van der Waals surface area contributed by atoms with Crippen LogP contribution in [0.1, 0.15) is 11.3 Å². The molecule has 3 aromatic rings. The molecule has 0 atom stereocenters. The Kier molecular flexibility index (Phi) is 6.07. The molecule has 0 amide bonds. The molecule has 0 spiro atoms. The van der Waals surface area contributed by atoms with Crippen LogP contribution in [0.4, 0.5) is 0 Å². The highest BCUT2D eigenvalue weighted by molar-refractivity contribution is 7.98. The van der Waals surface area contributed by atoms with Crippen LogP contribution >= 0.6 is 11.8 Å². The lowest BCUT2D eigenvalue weighted by atomic mass is 10.1. The van der Waals surface area contributed by atoms with Crippen LogP contribution in [0, 0.1) is 6.92 Å². The predicted octanol–water partition coefficient (Wildman–Crippen LogP) is 3.58. The number of benzene rings is 1. The summed E-state index contributed by atoms with van der Waals surface area (Å²) in [5, 5.41) is 9.28. The monoisotopic (exact) mass is 418 g/mol. The number of rotatable bonds is 8. The number of hydrogen-bond donors (Lipinski definition) is 0. The van der Waals surface area contributed by atoms with Gasteiger partial charge in [-0.3, -0.25) is 4.57 Å². The fraction of sp³-hybridized carbons (Fsp3) is 0.263. The molecule has 2 heterocycles. The largest absolute Gasteiger partial charge is 0.447 e. The molecule has 1 aromatic carbocycles. The van der Waals surface area contributed by atoms with Gasteiger partial charge in [-0.05, 0) is 25.1 Å². The second kappa shape index (κ2) is 8.34. The number of sulfonamides is 1. The number of furan rings is 1.